The number of hydrogen-bond donors (Lipinski definition) is 2. The van der Waals surface area contributed by atoms with Crippen molar-refractivity contribution in [2.45, 2.75) is 37.1 Å². The van der Waals surface area contributed by atoms with Gasteiger partial charge in [-0.3, -0.25) is 14.5 Å². The highest BCUT2D eigenvalue weighted by Crippen LogP contribution is 2.23. The fourth-order valence-electron chi connectivity index (χ4n) is 2.95. The Kier molecular flexibility index (Phi) is 5.81. The summed E-state index contributed by atoms with van der Waals surface area (Å²) in [7, 11) is -3.65. The van der Waals surface area contributed by atoms with Crippen molar-refractivity contribution < 1.29 is 13.2 Å². The number of amides is 1. The summed E-state index contributed by atoms with van der Waals surface area (Å²) in [4.78, 5) is 17.5. The Hall–Kier alpha value is -3.11. The number of carbonyl (C=O) groups excluding carboxylic acids is 1. The fraction of sp³-hybridized carbons (Fsp3) is 0.238. The Bertz CT molecular complexity index is 1070. The summed E-state index contributed by atoms with van der Waals surface area (Å²) >= 11 is 0. The van der Waals surface area contributed by atoms with Gasteiger partial charge >= 0.3 is 0 Å². The molecular weight excluding hydrogens is 374 g/mol. The fourth-order valence-corrected chi connectivity index (χ4v) is 4.19. The third-order valence-corrected chi connectivity index (χ3v) is 5.78. The van der Waals surface area contributed by atoms with Gasteiger partial charge < -0.3 is 5.32 Å². The van der Waals surface area contributed by atoms with Crippen LogP contribution in [0.3, 0.4) is 0 Å². The van der Waals surface area contributed by atoms with E-state index < -0.39 is 16.1 Å². The summed E-state index contributed by atoms with van der Waals surface area (Å²) in [5.74, 6) is 2.42. The SMILES string of the molecule is C#Cc1cccc(NC(=O)C(CCCC)N=C2NS(=O)(=O)c3ccccc32)c1. The maximum absolute atomic E-state index is 12.8. The molecule has 2 aromatic carbocycles. The summed E-state index contributed by atoms with van der Waals surface area (Å²) in [5, 5.41) is 2.83. The minimum absolute atomic E-state index is 0.171. The molecule has 0 aliphatic carbocycles. The van der Waals surface area contributed by atoms with Crippen molar-refractivity contribution >= 4 is 27.5 Å². The normalized spacial score (nSPS) is 16.6. The van der Waals surface area contributed by atoms with Gasteiger partial charge in [0.2, 0.25) is 5.91 Å². The van der Waals surface area contributed by atoms with Gasteiger partial charge in [-0.2, -0.15) is 0 Å². The van der Waals surface area contributed by atoms with Crippen LogP contribution in [-0.2, 0) is 14.8 Å². The van der Waals surface area contributed by atoms with Crippen molar-refractivity contribution in [2.75, 3.05) is 5.32 Å². The van der Waals surface area contributed by atoms with Crippen LogP contribution in [0.15, 0.2) is 58.4 Å². The second kappa shape index (κ2) is 8.28. The topological polar surface area (TPSA) is 87.6 Å². The molecule has 1 aliphatic heterocycles. The van der Waals surface area contributed by atoms with Gasteiger partial charge in [-0.25, -0.2) is 8.42 Å². The molecule has 6 nitrogen and oxygen atoms in total. The van der Waals surface area contributed by atoms with Gasteiger partial charge in [0.1, 0.15) is 11.9 Å². The summed E-state index contributed by atoms with van der Waals surface area (Å²) < 4.78 is 27.0. The first-order valence-corrected chi connectivity index (χ1v) is 10.5. The van der Waals surface area contributed by atoms with Crippen LogP contribution in [0.4, 0.5) is 5.69 Å². The zero-order chi connectivity index (χ0) is 20.1. The highest BCUT2D eigenvalue weighted by Gasteiger charge is 2.31. The Morgan fingerprint density at radius 3 is 2.79 bits per heavy atom. The van der Waals surface area contributed by atoms with Crippen molar-refractivity contribution in [3.05, 3.63) is 59.7 Å². The number of unbranched alkanes of at least 4 members (excludes halogenated alkanes) is 1. The maximum atomic E-state index is 12.8. The number of anilines is 1. The molecule has 28 heavy (non-hydrogen) atoms. The van der Waals surface area contributed by atoms with Crippen LogP contribution < -0.4 is 10.0 Å². The lowest BCUT2D eigenvalue weighted by atomic mass is 10.1. The van der Waals surface area contributed by atoms with Gasteiger partial charge in [0.15, 0.2) is 0 Å². The van der Waals surface area contributed by atoms with E-state index in [1.165, 1.54) is 6.07 Å². The number of nitrogens with one attached hydrogen (secondary N) is 2. The number of nitrogens with zero attached hydrogens (tertiary/aromatic N) is 1. The molecule has 2 N–H and O–H groups in total. The van der Waals surface area contributed by atoms with Crippen LogP contribution in [0, 0.1) is 12.3 Å². The van der Waals surface area contributed by atoms with Crippen molar-refractivity contribution in [1.82, 2.24) is 4.72 Å². The Balaban J connectivity index is 1.89. The Morgan fingerprint density at radius 1 is 1.25 bits per heavy atom. The predicted octanol–water partition coefficient (Wildman–Crippen LogP) is 2.90. The van der Waals surface area contributed by atoms with E-state index in [-0.39, 0.29) is 16.6 Å². The number of sulfonamides is 1. The molecule has 3 rings (SSSR count). The standard InChI is InChI=1S/C21H21N3O3S/c1-3-5-12-18(21(25)22-16-10-8-9-15(4-2)14-16)23-20-17-11-6-7-13-19(17)28(26,27)24-20/h2,6-11,13-14,18H,3,5,12H2,1H3,(H,22,25)(H,23,24). The van der Waals surface area contributed by atoms with Crippen LogP contribution in [0.2, 0.25) is 0 Å². The molecule has 0 aromatic heterocycles. The van der Waals surface area contributed by atoms with E-state index in [9.17, 15) is 13.2 Å². The van der Waals surface area contributed by atoms with E-state index in [0.29, 0.717) is 23.2 Å². The zero-order valence-corrected chi connectivity index (χ0v) is 16.3. The van der Waals surface area contributed by atoms with Gasteiger partial charge in [-0.15, -0.1) is 6.42 Å². The molecule has 1 unspecified atom stereocenters. The summed E-state index contributed by atoms with van der Waals surface area (Å²) in [6, 6.07) is 12.9. The van der Waals surface area contributed by atoms with E-state index in [2.05, 4.69) is 21.0 Å². The lowest BCUT2D eigenvalue weighted by Gasteiger charge is -2.14. The van der Waals surface area contributed by atoms with Gasteiger partial charge in [0.25, 0.3) is 10.0 Å². The third-order valence-electron chi connectivity index (χ3n) is 4.38. The van der Waals surface area contributed by atoms with E-state index in [4.69, 9.17) is 6.42 Å². The molecule has 2 aromatic rings. The lowest BCUT2D eigenvalue weighted by molar-refractivity contribution is -0.117. The smallest absolute Gasteiger partial charge is 0.263 e. The molecule has 0 radical (unpaired) electrons. The number of terminal acetylenes is 1. The van der Waals surface area contributed by atoms with Crippen LogP contribution in [0.25, 0.3) is 0 Å². The molecule has 1 heterocycles. The molecule has 0 saturated carbocycles. The molecule has 0 fully saturated rings. The molecule has 1 aliphatic rings. The molecule has 144 valence electrons. The van der Waals surface area contributed by atoms with Gasteiger partial charge in [0.05, 0.1) is 4.90 Å². The molecule has 0 spiro atoms. The van der Waals surface area contributed by atoms with Crippen molar-refractivity contribution in [1.29, 1.82) is 0 Å². The largest absolute Gasteiger partial charge is 0.324 e. The summed E-state index contributed by atoms with van der Waals surface area (Å²) in [6.45, 7) is 2.02. The second-order valence-electron chi connectivity index (χ2n) is 6.45. The number of hydrogen-bond acceptors (Lipinski definition) is 4. The minimum atomic E-state index is -3.65. The molecular formula is C21H21N3O3S. The summed E-state index contributed by atoms with van der Waals surface area (Å²) in [5.41, 5.74) is 1.72. The van der Waals surface area contributed by atoms with Crippen LogP contribution in [0.5, 0.6) is 0 Å². The number of carbonyl (C=O) groups is 1. The van der Waals surface area contributed by atoms with Crippen molar-refractivity contribution in [3.8, 4) is 12.3 Å². The summed E-state index contributed by atoms with van der Waals surface area (Å²) in [6.07, 6.45) is 7.59. The van der Waals surface area contributed by atoms with Crippen LogP contribution in [-0.4, -0.2) is 26.2 Å². The van der Waals surface area contributed by atoms with Crippen molar-refractivity contribution in [3.63, 3.8) is 0 Å². The molecule has 0 bridgehead atoms. The number of amidine groups is 1. The average molecular weight is 395 g/mol. The van der Waals surface area contributed by atoms with Gasteiger partial charge in [-0.05, 0) is 36.8 Å². The average Bonchev–Trinajstić information content (AvgIpc) is 2.95. The van der Waals surface area contributed by atoms with Gasteiger partial charge in [0, 0.05) is 16.8 Å². The van der Waals surface area contributed by atoms with E-state index in [1.807, 2.05) is 6.92 Å². The molecule has 0 saturated heterocycles. The predicted molar refractivity (Wildman–Crippen MR) is 110 cm³/mol. The highest BCUT2D eigenvalue weighted by atomic mass is 32.2. The van der Waals surface area contributed by atoms with E-state index in [1.54, 1.807) is 42.5 Å². The number of rotatable bonds is 6. The monoisotopic (exact) mass is 395 g/mol. The Labute approximate surface area is 165 Å². The highest BCUT2D eigenvalue weighted by molar-refractivity contribution is 7.90. The van der Waals surface area contributed by atoms with Crippen LogP contribution >= 0.6 is 0 Å². The van der Waals surface area contributed by atoms with Crippen LogP contribution in [0.1, 0.15) is 37.3 Å². The minimum Gasteiger partial charge on any atom is -0.324 e. The van der Waals surface area contributed by atoms with E-state index in [0.717, 1.165) is 12.8 Å². The lowest BCUT2D eigenvalue weighted by Crippen LogP contribution is -2.30. The molecule has 1 atom stereocenters. The number of aliphatic imine (C=N–C) groups is 1. The number of benzene rings is 2. The second-order valence-corrected chi connectivity index (χ2v) is 8.10. The first-order valence-electron chi connectivity index (χ1n) is 9.02. The van der Waals surface area contributed by atoms with Gasteiger partial charge in [-0.1, -0.05) is 43.9 Å². The number of fused-ring (bicyclic) bond motifs is 1. The van der Waals surface area contributed by atoms with Crippen molar-refractivity contribution in [2.24, 2.45) is 4.99 Å². The molecule has 1 amide bonds. The first-order chi connectivity index (χ1) is 13.4. The molecule has 7 heteroatoms. The Morgan fingerprint density at radius 2 is 2.04 bits per heavy atom. The van der Waals surface area contributed by atoms with E-state index >= 15 is 0 Å². The quantitative estimate of drug-likeness (QED) is 0.737. The zero-order valence-electron chi connectivity index (χ0n) is 15.5. The first kappa shape index (κ1) is 19.6. The third kappa shape index (κ3) is 4.24. The maximum Gasteiger partial charge on any atom is 0.263 e.